The van der Waals surface area contributed by atoms with Gasteiger partial charge in [-0.05, 0) is 92.3 Å². The number of aliphatic carboxylic acids is 1. The molecular formula is C28H32F3N3O5. The Morgan fingerprint density at radius 2 is 1.49 bits per heavy atom. The fourth-order valence-corrected chi connectivity index (χ4v) is 5.10. The molecule has 2 fully saturated rings. The molecule has 2 aromatic rings. The fraction of sp³-hybridized carbons (Fsp3) is 0.464. The average molecular weight is 548 g/mol. The number of carboxylic acids is 1. The summed E-state index contributed by atoms with van der Waals surface area (Å²) in [6.45, 7) is 0.317. The number of alkyl halides is 3. The van der Waals surface area contributed by atoms with Crippen molar-refractivity contribution in [3.05, 3.63) is 59.7 Å². The van der Waals surface area contributed by atoms with Crippen molar-refractivity contribution in [2.24, 2.45) is 11.8 Å². The van der Waals surface area contributed by atoms with Gasteiger partial charge in [-0.25, -0.2) is 4.79 Å². The molecule has 4 rings (SSSR count). The molecular weight excluding hydrogens is 515 g/mol. The number of carbonyl (C=O) groups is 3. The molecule has 210 valence electrons. The van der Waals surface area contributed by atoms with Crippen LogP contribution in [-0.2, 0) is 11.3 Å². The van der Waals surface area contributed by atoms with Gasteiger partial charge in [-0.2, -0.15) is 0 Å². The molecule has 2 aromatic carbocycles. The number of carbonyl (C=O) groups excluding carboxylic acids is 2. The van der Waals surface area contributed by atoms with E-state index in [-0.39, 0.29) is 36.7 Å². The van der Waals surface area contributed by atoms with Gasteiger partial charge in [0.05, 0.1) is 6.42 Å². The number of hydrogen-bond acceptors (Lipinski definition) is 4. The molecule has 0 unspecified atom stereocenters. The number of rotatable bonds is 10. The van der Waals surface area contributed by atoms with Gasteiger partial charge in [0.1, 0.15) is 5.75 Å². The first kappa shape index (κ1) is 28.3. The highest BCUT2D eigenvalue weighted by Crippen LogP contribution is 2.44. The normalized spacial score (nSPS) is 19.2. The summed E-state index contributed by atoms with van der Waals surface area (Å²) in [6, 6.07) is 11.4. The maximum atomic E-state index is 13.4. The van der Waals surface area contributed by atoms with E-state index in [4.69, 9.17) is 5.11 Å². The van der Waals surface area contributed by atoms with Gasteiger partial charge in [-0.3, -0.25) is 9.59 Å². The average Bonchev–Trinajstić information content (AvgIpc) is 3.73. The van der Waals surface area contributed by atoms with Gasteiger partial charge >= 0.3 is 18.4 Å². The minimum atomic E-state index is -4.80. The number of nitrogens with one attached hydrogen (secondary N) is 2. The lowest BCUT2D eigenvalue weighted by atomic mass is 9.82. The number of benzene rings is 2. The van der Waals surface area contributed by atoms with E-state index in [0.29, 0.717) is 23.7 Å². The zero-order valence-electron chi connectivity index (χ0n) is 21.4. The van der Waals surface area contributed by atoms with Crippen molar-refractivity contribution in [1.29, 1.82) is 0 Å². The standard InChI is InChI=1S/C28H32F3N3O5/c29-28(30,31)39-24-13-9-22(10-14-24)33-27(38)34(23-11-7-20(8-12-23)19-5-6-19)17-18-1-3-21(4-2-18)26(37)32-16-15-25(35)36/h1-4,9-10,13-14,19-20,23H,5-8,11-12,15-17H2,(H,32,37)(H,33,38)(H,35,36). The largest absolute Gasteiger partial charge is 0.573 e. The van der Waals surface area contributed by atoms with Gasteiger partial charge in [0.15, 0.2) is 0 Å². The monoisotopic (exact) mass is 547 g/mol. The highest BCUT2D eigenvalue weighted by Gasteiger charge is 2.36. The Bertz CT molecular complexity index is 1140. The second kappa shape index (κ2) is 12.4. The van der Waals surface area contributed by atoms with Crippen LogP contribution in [0.3, 0.4) is 0 Å². The van der Waals surface area contributed by atoms with Crippen LogP contribution in [0.4, 0.5) is 23.7 Å². The van der Waals surface area contributed by atoms with Crippen LogP contribution in [0.25, 0.3) is 0 Å². The first-order chi connectivity index (χ1) is 18.6. The van der Waals surface area contributed by atoms with E-state index in [9.17, 15) is 27.6 Å². The Kier molecular flexibility index (Phi) is 8.98. The first-order valence-corrected chi connectivity index (χ1v) is 13.1. The van der Waals surface area contributed by atoms with Crippen molar-refractivity contribution in [3.8, 4) is 5.75 Å². The smallest absolute Gasteiger partial charge is 0.481 e. The fourth-order valence-electron chi connectivity index (χ4n) is 5.10. The third kappa shape index (κ3) is 8.62. The molecule has 2 saturated carbocycles. The van der Waals surface area contributed by atoms with Crippen LogP contribution < -0.4 is 15.4 Å². The summed E-state index contributed by atoms with van der Waals surface area (Å²) in [5, 5.41) is 14.1. The van der Waals surface area contributed by atoms with E-state index >= 15 is 0 Å². The van der Waals surface area contributed by atoms with Crippen molar-refractivity contribution in [2.75, 3.05) is 11.9 Å². The number of amides is 3. The third-order valence-corrected chi connectivity index (χ3v) is 7.26. The van der Waals surface area contributed by atoms with E-state index in [0.717, 1.165) is 49.3 Å². The van der Waals surface area contributed by atoms with E-state index in [2.05, 4.69) is 15.4 Å². The second-order valence-corrected chi connectivity index (χ2v) is 10.1. The summed E-state index contributed by atoms with van der Waals surface area (Å²) < 4.78 is 41.3. The second-order valence-electron chi connectivity index (χ2n) is 10.1. The van der Waals surface area contributed by atoms with E-state index in [1.165, 1.54) is 25.0 Å². The molecule has 0 heterocycles. The Morgan fingerprint density at radius 1 is 0.897 bits per heavy atom. The van der Waals surface area contributed by atoms with E-state index in [1.54, 1.807) is 29.2 Å². The maximum absolute atomic E-state index is 13.4. The first-order valence-electron chi connectivity index (χ1n) is 13.1. The lowest BCUT2D eigenvalue weighted by molar-refractivity contribution is -0.274. The van der Waals surface area contributed by atoms with Crippen LogP contribution in [0.15, 0.2) is 48.5 Å². The minimum Gasteiger partial charge on any atom is -0.481 e. The molecule has 0 bridgehead atoms. The van der Waals surface area contributed by atoms with Crippen LogP contribution in [0.1, 0.15) is 60.9 Å². The molecule has 0 radical (unpaired) electrons. The SMILES string of the molecule is O=C(O)CCNC(=O)c1ccc(CN(C(=O)Nc2ccc(OC(F)(F)F)cc2)C2CCC(C3CC3)CC2)cc1. The number of carboxylic acid groups (broad SMARTS) is 1. The summed E-state index contributed by atoms with van der Waals surface area (Å²) in [4.78, 5) is 38.1. The Morgan fingerprint density at radius 3 is 2.03 bits per heavy atom. The molecule has 39 heavy (non-hydrogen) atoms. The molecule has 3 N–H and O–H groups in total. The summed E-state index contributed by atoms with van der Waals surface area (Å²) in [5.41, 5.74) is 1.54. The molecule has 0 saturated heterocycles. The molecule has 0 aromatic heterocycles. The number of urea groups is 1. The Labute approximate surface area is 224 Å². The van der Waals surface area contributed by atoms with Crippen molar-refractivity contribution in [3.63, 3.8) is 0 Å². The summed E-state index contributed by atoms with van der Waals surface area (Å²) in [6.07, 6.45) is 1.45. The summed E-state index contributed by atoms with van der Waals surface area (Å²) in [5.74, 6) is -0.247. The topological polar surface area (TPSA) is 108 Å². The van der Waals surface area contributed by atoms with Crippen LogP contribution in [-0.4, -0.2) is 46.9 Å². The van der Waals surface area contributed by atoms with Crippen molar-refractivity contribution in [2.45, 2.75) is 63.9 Å². The Hall–Kier alpha value is -3.76. The zero-order valence-corrected chi connectivity index (χ0v) is 21.4. The minimum absolute atomic E-state index is 0.00632. The molecule has 0 aliphatic heterocycles. The molecule has 2 aliphatic carbocycles. The maximum Gasteiger partial charge on any atom is 0.573 e. The molecule has 11 heteroatoms. The number of halogens is 3. The highest BCUT2D eigenvalue weighted by molar-refractivity contribution is 5.94. The van der Waals surface area contributed by atoms with E-state index < -0.39 is 12.3 Å². The third-order valence-electron chi connectivity index (χ3n) is 7.26. The van der Waals surface area contributed by atoms with Gasteiger partial charge < -0.3 is 25.4 Å². The van der Waals surface area contributed by atoms with Crippen LogP contribution in [0, 0.1) is 11.8 Å². The van der Waals surface area contributed by atoms with Crippen LogP contribution in [0.2, 0.25) is 0 Å². The highest BCUT2D eigenvalue weighted by atomic mass is 19.4. The van der Waals surface area contributed by atoms with E-state index in [1.807, 2.05) is 0 Å². The predicted molar refractivity (Wildman–Crippen MR) is 137 cm³/mol. The molecule has 8 nitrogen and oxygen atoms in total. The van der Waals surface area contributed by atoms with Gasteiger partial charge in [0.2, 0.25) is 0 Å². The molecule has 0 atom stereocenters. The quantitative estimate of drug-likeness (QED) is 0.349. The summed E-state index contributed by atoms with van der Waals surface area (Å²) >= 11 is 0. The van der Waals surface area contributed by atoms with Crippen LogP contribution >= 0.6 is 0 Å². The zero-order chi connectivity index (χ0) is 28.0. The lowest BCUT2D eigenvalue weighted by Crippen LogP contribution is -2.44. The van der Waals surface area contributed by atoms with Gasteiger partial charge in [0.25, 0.3) is 5.91 Å². The van der Waals surface area contributed by atoms with Crippen molar-refractivity contribution >= 4 is 23.6 Å². The lowest BCUT2D eigenvalue weighted by Gasteiger charge is -2.37. The van der Waals surface area contributed by atoms with Gasteiger partial charge in [-0.1, -0.05) is 12.1 Å². The summed E-state index contributed by atoms with van der Waals surface area (Å²) in [7, 11) is 0. The van der Waals surface area contributed by atoms with Gasteiger partial charge in [-0.15, -0.1) is 13.2 Å². The number of ether oxygens (including phenoxy) is 1. The molecule has 0 spiro atoms. The molecule has 2 aliphatic rings. The predicted octanol–water partition coefficient (Wildman–Crippen LogP) is 5.79. The number of hydrogen-bond donors (Lipinski definition) is 3. The Balaban J connectivity index is 1.42. The van der Waals surface area contributed by atoms with Crippen molar-refractivity contribution < 1.29 is 37.4 Å². The van der Waals surface area contributed by atoms with Crippen LogP contribution in [0.5, 0.6) is 5.75 Å². The molecule has 3 amide bonds. The van der Waals surface area contributed by atoms with Crippen molar-refractivity contribution in [1.82, 2.24) is 10.2 Å². The number of nitrogens with zero attached hydrogens (tertiary/aromatic N) is 1. The number of anilines is 1. The van der Waals surface area contributed by atoms with Gasteiger partial charge in [0, 0.05) is 30.4 Å².